The molecule has 0 fully saturated rings. The fourth-order valence-electron chi connectivity index (χ4n) is 1.49. The first-order valence-corrected chi connectivity index (χ1v) is 5.81. The third kappa shape index (κ3) is 8.52. The Labute approximate surface area is 88.7 Å². The van der Waals surface area contributed by atoms with E-state index in [4.69, 9.17) is 9.84 Å². The van der Waals surface area contributed by atoms with Crippen molar-refractivity contribution in [3.05, 3.63) is 0 Å². The van der Waals surface area contributed by atoms with Crippen molar-refractivity contribution in [3.8, 4) is 0 Å². The molecule has 0 aromatic carbocycles. The van der Waals surface area contributed by atoms with Crippen LogP contribution in [0.15, 0.2) is 0 Å². The van der Waals surface area contributed by atoms with Crippen molar-refractivity contribution in [1.29, 1.82) is 0 Å². The third-order valence-corrected chi connectivity index (χ3v) is 2.62. The fraction of sp³-hybridized carbons (Fsp3) is 1.00. The van der Waals surface area contributed by atoms with Gasteiger partial charge in [-0.1, -0.05) is 40.0 Å². The highest BCUT2D eigenvalue weighted by molar-refractivity contribution is 4.68. The molecule has 0 heterocycles. The van der Waals surface area contributed by atoms with Crippen molar-refractivity contribution >= 4 is 0 Å². The molecule has 0 bridgehead atoms. The number of rotatable bonds is 9. The first-order valence-electron chi connectivity index (χ1n) is 5.81. The molecule has 86 valence electrons. The predicted molar refractivity (Wildman–Crippen MR) is 60.4 cm³/mol. The summed E-state index contributed by atoms with van der Waals surface area (Å²) in [6.07, 6.45) is 6.32. The lowest BCUT2D eigenvalue weighted by Gasteiger charge is -2.24. The maximum absolute atomic E-state index is 8.54. The Morgan fingerprint density at radius 1 is 1.07 bits per heavy atom. The van der Waals surface area contributed by atoms with Crippen LogP contribution in [-0.2, 0) is 4.74 Å². The molecule has 0 atom stereocenters. The molecule has 1 N–H and O–H groups in total. The molecule has 0 rings (SSSR count). The summed E-state index contributed by atoms with van der Waals surface area (Å²) in [5.41, 5.74) is 0.393. The summed E-state index contributed by atoms with van der Waals surface area (Å²) in [5.74, 6) is 0. The zero-order chi connectivity index (χ0) is 10.9. The minimum atomic E-state index is 0.135. The summed E-state index contributed by atoms with van der Waals surface area (Å²) in [4.78, 5) is 0. The molecular formula is C12H26O2. The van der Waals surface area contributed by atoms with Gasteiger partial charge in [0.2, 0.25) is 0 Å². The number of hydrogen-bond acceptors (Lipinski definition) is 2. The molecule has 0 saturated heterocycles. The predicted octanol–water partition coefficient (Wildman–Crippen LogP) is 2.99. The molecule has 0 aliphatic carbocycles. The molecule has 2 nitrogen and oxygen atoms in total. The normalized spacial score (nSPS) is 12.0. The lowest BCUT2D eigenvalue weighted by Crippen LogP contribution is -2.15. The van der Waals surface area contributed by atoms with Crippen molar-refractivity contribution < 1.29 is 9.84 Å². The van der Waals surface area contributed by atoms with Gasteiger partial charge in [0.25, 0.3) is 0 Å². The Balaban J connectivity index is 3.40. The van der Waals surface area contributed by atoms with Gasteiger partial charge >= 0.3 is 0 Å². The van der Waals surface area contributed by atoms with E-state index in [0.717, 1.165) is 13.0 Å². The van der Waals surface area contributed by atoms with E-state index in [1.54, 1.807) is 0 Å². The van der Waals surface area contributed by atoms with Gasteiger partial charge in [-0.15, -0.1) is 0 Å². The van der Waals surface area contributed by atoms with Crippen LogP contribution in [0.4, 0.5) is 0 Å². The first-order chi connectivity index (χ1) is 6.62. The maximum Gasteiger partial charge on any atom is 0.0697 e. The van der Waals surface area contributed by atoms with Gasteiger partial charge in [-0.25, -0.2) is 0 Å². The van der Waals surface area contributed by atoms with E-state index in [0.29, 0.717) is 12.0 Å². The zero-order valence-corrected chi connectivity index (χ0v) is 10.0. The van der Waals surface area contributed by atoms with Gasteiger partial charge in [0, 0.05) is 6.61 Å². The summed E-state index contributed by atoms with van der Waals surface area (Å²) in [7, 11) is 0. The minimum Gasteiger partial charge on any atom is -0.394 e. The van der Waals surface area contributed by atoms with Gasteiger partial charge in [-0.05, 0) is 18.3 Å². The number of hydrogen-bond donors (Lipinski definition) is 1. The topological polar surface area (TPSA) is 29.5 Å². The smallest absolute Gasteiger partial charge is 0.0697 e. The highest BCUT2D eigenvalue weighted by atomic mass is 16.5. The average Bonchev–Trinajstić information content (AvgIpc) is 2.13. The highest BCUT2D eigenvalue weighted by Crippen LogP contribution is 2.27. The monoisotopic (exact) mass is 202 g/mol. The number of aliphatic hydroxyl groups excluding tert-OH is 1. The van der Waals surface area contributed by atoms with E-state index in [1.165, 1.54) is 25.7 Å². The van der Waals surface area contributed by atoms with Gasteiger partial charge in [0.1, 0.15) is 0 Å². The number of ether oxygens (including phenoxy) is 1. The lowest BCUT2D eigenvalue weighted by molar-refractivity contribution is 0.0705. The third-order valence-electron chi connectivity index (χ3n) is 2.62. The Hall–Kier alpha value is -0.0800. The summed E-state index contributed by atoms with van der Waals surface area (Å²) in [6.45, 7) is 8.22. The van der Waals surface area contributed by atoms with Gasteiger partial charge in [0.15, 0.2) is 0 Å². The van der Waals surface area contributed by atoms with Crippen molar-refractivity contribution in [1.82, 2.24) is 0 Å². The van der Waals surface area contributed by atoms with E-state index in [2.05, 4.69) is 20.8 Å². The fourth-order valence-corrected chi connectivity index (χ4v) is 1.49. The van der Waals surface area contributed by atoms with Gasteiger partial charge < -0.3 is 9.84 Å². The van der Waals surface area contributed by atoms with Crippen molar-refractivity contribution in [2.45, 2.75) is 52.9 Å². The molecule has 0 aliphatic heterocycles. The van der Waals surface area contributed by atoms with Crippen LogP contribution >= 0.6 is 0 Å². The summed E-state index contributed by atoms with van der Waals surface area (Å²) in [5, 5.41) is 8.54. The minimum absolute atomic E-state index is 0.135. The highest BCUT2D eigenvalue weighted by Gasteiger charge is 2.16. The first kappa shape index (κ1) is 13.9. The van der Waals surface area contributed by atoms with E-state index < -0.39 is 0 Å². The SMILES string of the molecule is CCCCCC(C)(C)CCOCCO. The molecule has 0 aliphatic rings. The Kier molecular flexibility index (Phi) is 8.20. The Morgan fingerprint density at radius 2 is 1.79 bits per heavy atom. The van der Waals surface area contributed by atoms with Crippen molar-refractivity contribution in [3.63, 3.8) is 0 Å². The standard InChI is InChI=1S/C12H26O2/c1-4-5-6-7-12(2,3)8-10-14-11-9-13/h13H,4-11H2,1-3H3. The summed E-state index contributed by atoms with van der Waals surface area (Å²) in [6, 6.07) is 0. The second kappa shape index (κ2) is 8.25. The molecule has 0 amide bonds. The molecule has 14 heavy (non-hydrogen) atoms. The van der Waals surface area contributed by atoms with Crippen LogP contribution in [0.2, 0.25) is 0 Å². The molecule has 0 aromatic heterocycles. The van der Waals surface area contributed by atoms with Crippen LogP contribution in [0.1, 0.15) is 52.9 Å². The van der Waals surface area contributed by atoms with E-state index in [-0.39, 0.29) is 6.61 Å². The van der Waals surface area contributed by atoms with E-state index >= 15 is 0 Å². The number of unbranched alkanes of at least 4 members (excludes halogenated alkanes) is 2. The summed E-state index contributed by atoms with van der Waals surface area (Å²) >= 11 is 0. The molecule has 0 radical (unpaired) electrons. The van der Waals surface area contributed by atoms with Crippen LogP contribution in [0.5, 0.6) is 0 Å². The van der Waals surface area contributed by atoms with Crippen LogP contribution in [-0.4, -0.2) is 24.9 Å². The molecule has 0 unspecified atom stereocenters. The molecular weight excluding hydrogens is 176 g/mol. The second-order valence-corrected chi connectivity index (χ2v) is 4.71. The average molecular weight is 202 g/mol. The van der Waals surface area contributed by atoms with E-state index in [9.17, 15) is 0 Å². The van der Waals surface area contributed by atoms with Crippen LogP contribution < -0.4 is 0 Å². The Morgan fingerprint density at radius 3 is 2.36 bits per heavy atom. The van der Waals surface area contributed by atoms with Gasteiger partial charge in [-0.3, -0.25) is 0 Å². The quantitative estimate of drug-likeness (QED) is 0.582. The molecule has 0 spiro atoms. The Bertz CT molecular complexity index is 121. The lowest BCUT2D eigenvalue weighted by atomic mass is 9.84. The molecule has 0 aromatic rings. The van der Waals surface area contributed by atoms with E-state index in [1.807, 2.05) is 0 Å². The van der Waals surface area contributed by atoms with Crippen LogP contribution in [0, 0.1) is 5.41 Å². The van der Waals surface area contributed by atoms with Crippen LogP contribution in [0.3, 0.4) is 0 Å². The van der Waals surface area contributed by atoms with Crippen molar-refractivity contribution in [2.24, 2.45) is 5.41 Å². The second-order valence-electron chi connectivity index (χ2n) is 4.71. The van der Waals surface area contributed by atoms with Crippen molar-refractivity contribution in [2.75, 3.05) is 19.8 Å². The summed E-state index contributed by atoms with van der Waals surface area (Å²) < 4.78 is 5.27. The molecule has 0 saturated carbocycles. The largest absolute Gasteiger partial charge is 0.394 e. The zero-order valence-electron chi connectivity index (χ0n) is 10.0. The van der Waals surface area contributed by atoms with Gasteiger partial charge in [-0.2, -0.15) is 0 Å². The van der Waals surface area contributed by atoms with Gasteiger partial charge in [0.05, 0.1) is 13.2 Å². The number of aliphatic hydroxyl groups is 1. The molecule has 2 heteroatoms. The maximum atomic E-state index is 8.54. The van der Waals surface area contributed by atoms with Crippen LogP contribution in [0.25, 0.3) is 0 Å².